The number of hydrogen-bond donors (Lipinski definition) is 1. The number of aromatic nitrogens is 1. The molecule has 0 bridgehead atoms. The second kappa shape index (κ2) is 5.43. The van der Waals surface area contributed by atoms with Crippen molar-refractivity contribution in [3.63, 3.8) is 0 Å². The predicted molar refractivity (Wildman–Crippen MR) is 88.0 cm³/mol. The average Bonchev–Trinajstić information content (AvgIpc) is 2.98. The zero-order chi connectivity index (χ0) is 15.0. The maximum absolute atomic E-state index is 6.53. The number of nitrogens with zero attached hydrogens (tertiary/aromatic N) is 1. The van der Waals surface area contributed by atoms with E-state index in [9.17, 15) is 0 Å². The van der Waals surface area contributed by atoms with E-state index >= 15 is 0 Å². The van der Waals surface area contributed by atoms with Gasteiger partial charge in [-0.2, -0.15) is 0 Å². The first-order valence-electron chi connectivity index (χ1n) is 7.57. The fraction of sp³-hybridized carbons (Fsp3) is 0.471. The SMILES string of the molecule is CCC(N)(CC)c1nc2c(s1)CCc1ccc(OC)cc1-2. The molecule has 2 aromatic rings. The Bertz CT molecular complexity index is 659. The molecule has 2 N–H and O–H groups in total. The molecule has 0 saturated heterocycles. The summed E-state index contributed by atoms with van der Waals surface area (Å²) < 4.78 is 5.36. The van der Waals surface area contributed by atoms with Gasteiger partial charge in [-0.1, -0.05) is 19.9 Å². The molecule has 1 aromatic carbocycles. The number of ether oxygens (including phenoxy) is 1. The monoisotopic (exact) mass is 302 g/mol. The zero-order valence-corrected chi connectivity index (χ0v) is 13.7. The Morgan fingerprint density at radius 3 is 2.71 bits per heavy atom. The fourth-order valence-electron chi connectivity index (χ4n) is 2.87. The first-order chi connectivity index (χ1) is 10.1. The second-order valence-corrected chi connectivity index (χ2v) is 6.76. The van der Waals surface area contributed by atoms with Crippen LogP contribution in [-0.2, 0) is 18.4 Å². The van der Waals surface area contributed by atoms with E-state index in [-0.39, 0.29) is 5.54 Å². The van der Waals surface area contributed by atoms with Gasteiger partial charge in [-0.15, -0.1) is 11.3 Å². The van der Waals surface area contributed by atoms with Crippen molar-refractivity contribution in [3.8, 4) is 17.0 Å². The van der Waals surface area contributed by atoms with Gasteiger partial charge in [0.15, 0.2) is 0 Å². The summed E-state index contributed by atoms with van der Waals surface area (Å²) in [6, 6.07) is 6.29. The van der Waals surface area contributed by atoms with E-state index in [2.05, 4.69) is 26.0 Å². The Hall–Kier alpha value is -1.39. The molecule has 3 rings (SSSR count). The molecule has 0 fully saturated rings. The molecule has 112 valence electrons. The summed E-state index contributed by atoms with van der Waals surface area (Å²) >= 11 is 1.79. The van der Waals surface area contributed by atoms with E-state index in [1.54, 1.807) is 18.4 Å². The molecule has 0 atom stereocenters. The number of methoxy groups -OCH3 is 1. The van der Waals surface area contributed by atoms with E-state index in [1.807, 2.05) is 6.07 Å². The van der Waals surface area contributed by atoms with Crippen LogP contribution in [0.1, 0.15) is 42.1 Å². The topological polar surface area (TPSA) is 48.1 Å². The van der Waals surface area contributed by atoms with Crippen molar-refractivity contribution in [2.75, 3.05) is 7.11 Å². The lowest BCUT2D eigenvalue weighted by molar-refractivity contribution is 0.411. The third-order valence-corrected chi connectivity index (χ3v) is 5.91. The molecule has 3 nitrogen and oxygen atoms in total. The normalized spacial score (nSPS) is 13.7. The summed E-state index contributed by atoms with van der Waals surface area (Å²) in [5.74, 6) is 0.890. The van der Waals surface area contributed by atoms with Gasteiger partial charge in [-0.25, -0.2) is 4.98 Å². The first-order valence-corrected chi connectivity index (χ1v) is 8.39. The molecular weight excluding hydrogens is 280 g/mol. The molecule has 0 spiro atoms. The molecule has 21 heavy (non-hydrogen) atoms. The maximum atomic E-state index is 6.53. The molecule has 0 radical (unpaired) electrons. The highest BCUT2D eigenvalue weighted by Crippen LogP contribution is 2.41. The minimum Gasteiger partial charge on any atom is -0.497 e. The van der Waals surface area contributed by atoms with Crippen LogP contribution >= 0.6 is 11.3 Å². The van der Waals surface area contributed by atoms with Crippen molar-refractivity contribution in [3.05, 3.63) is 33.6 Å². The summed E-state index contributed by atoms with van der Waals surface area (Å²) in [7, 11) is 1.71. The highest BCUT2D eigenvalue weighted by Gasteiger charge is 2.30. The van der Waals surface area contributed by atoms with Crippen molar-refractivity contribution in [1.82, 2.24) is 4.98 Å². The van der Waals surface area contributed by atoms with Gasteiger partial charge in [0.1, 0.15) is 10.8 Å². The molecule has 0 aliphatic heterocycles. The molecule has 1 heterocycles. The van der Waals surface area contributed by atoms with Crippen LogP contribution in [0.2, 0.25) is 0 Å². The Morgan fingerprint density at radius 1 is 1.29 bits per heavy atom. The number of fused-ring (bicyclic) bond motifs is 3. The standard InChI is InChI=1S/C17H22N2OS/c1-4-17(18,5-2)16-19-15-13-10-12(20-3)8-6-11(13)7-9-14(15)21-16/h6,8,10H,4-5,7,9,18H2,1-3H3. The van der Waals surface area contributed by atoms with Gasteiger partial charge in [0.2, 0.25) is 0 Å². The van der Waals surface area contributed by atoms with Crippen LogP contribution < -0.4 is 10.5 Å². The van der Waals surface area contributed by atoms with Gasteiger partial charge < -0.3 is 10.5 Å². The summed E-state index contributed by atoms with van der Waals surface area (Å²) in [5, 5.41) is 1.08. The maximum Gasteiger partial charge on any atom is 0.119 e. The van der Waals surface area contributed by atoms with Gasteiger partial charge in [-0.3, -0.25) is 0 Å². The minimum atomic E-state index is -0.291. The van der Waals surface area contributed by atoms with Crippen LogP contribution in [0.4, 0.5) is 0 Å². The molecule has 1 aliphatic rings. The zero-order valence-electron chi connectivity index (χ0n) is 12.9. The smallest absolute Gasteiger partial charge is 0.119 e. The van der Waals surface area contributed by atoms with E-state index in [1.165, 1.54) is 16.0 Å². The van der Waals surface area contributed by atoms with E-state index in [0.29, 0.717) is 0 Å². The number of benzene rings is 1. The van der Waals surface area contributed by atoms with E-state index in [4.69, 9.17) is 15.5 Å². The number of nitrogens with two attached hydrogens (primary N) is 1. The quantitative estimate of drug-likeness (QED) is 0.932. The summed E-state index contributed by atoms with van der Waals surface area (Å²) in [6.45, 7) is 4.28. The van der Waals surface area contributed by atoms with Crippen molar-refractivity contribution < 1.29 is 4.74 Å². The van der Waals surface area contributed by atoms with Crippen LogP contribution in [-0.4, -0.2) is 12.1 Å². The fourth-order valence-corrected chi connectivity index (χ4v) is 4.18. The number of thiazole rings is 1. The van der Waals surface area contributed by atoms with Crippen LogP contribution in [0.15, 0.2) is 18.2 Å². The molecule has 0 saturated carbocycles. The van der Waals surface area contributed by atoms with Crippen LogP contribution in [0.25, 0.3) is 11.3 Å². The number of aryl methyl sites for hydroxylation is 2. The van der Waals surface area contributed by atoms with E-state index < -0.39 is 0 Å². The Balaban J connectivity index is 2.10. The lowest BCUT2D eigenvalue weighted by Crippen LogP contribution is -2.34. The number of hydrogen-bond acceptors (Lipinski definition) is 4. The molecule has 1 aliphatic carbocycles. The Morgan fingerprint density at radius 2 is 2.05 bits per heavy atom. The van der Waals surface area contributed by atoms with Gasteiger partial charge in [0.05, 0.1) is 18.3 Å². The lowest BCUT2D eigenvalue weighted by atomic mass is 9.92. The average molecular weight is 302 g/mol. The van der Waals surface area contributed by atoms with Crippen LogP contribution in [0.5, 0.6) is 5.75 Å². The van der Waals surface area contributed by atoms with Gasteiger partial charge in [0, 0.05) is 10.4 Å². The van der Waals surface area contributed by atoms with Crippen molar-refractivity contribution in [2.24, 2.45) is 5.73 Å². The third kappa shape index (κ3) is 2.36. The molecule has 1 aromatic heterocycles. The predicted octanol–water partition coefficient (Wildman–Crippen LogP) is 3.89. The van der Waals surface area contributed by atoms with Gasteiger partial charge in [0.25, 0.3) is 0 Å². The Labute approximate surface area is 130 Å². The second-order valence-electron chi connectivity index (χ2n) is 5.68. The lowest BCUT2D eigenvalue weighted by Gasteiger charge is -2.23. The van der Waals surface area contributed by atoms with Crippen LogP contribution in [0.3, 0.4) is 0 Å². The molecular formula is C17H22N2OS. The van der Waals surface area contributed by atoms with Gasteiger partial charge >= 0.3 is 0 Å². The first kappa shape index (κ1) is 14.5. The van der Waals surface area contributed by atoms with Crippen molar-refractivity contribution >= 4 is 11.3 Å². The molecule has 0 amide bonds. The minimum absolute atomic E-state index is 0.291. The summed E-state index contributed by atoms with van der Waals surface area (Å²) in [5.41, 5.74) is 9.93. The van der Waals surface area contributed by atoms with Crippen LogP contribution in [0, 0.1) is 0 Å². The van der Waals surface area contributed by atoms with Crippen molar-refractivity contribution in [2.45, 2.75) is 45.1 Å². The largest absolute Gasteiger partial charge is 0.497 e. The Kier molecular flexibility index (Phi) is 3.76. The summed E-state index contributed by atoms with van der Waals surface area (Å²) in [6.07, 6.45) is 3.97. The number of rotatable bonds is 4. The summed E-state index contributed by atoms with van der Waals surface area (Å²) in [4.78, 5) is 6.28. The van der Waals surface area contributed by atoms with Gasteiger partial charge in [-0.05, 0) is 43.4 Å². The third-order valence-electron chi connectivity index (χ3n) is 4.58. The molecule has 4 heteroatoms. The van der Waals surface area contributed by atoms with Crippen molar-refractivity contribution in [1.29, 1.82) is 0 Å². The highest BCUT2D eigenvalue weighted by atomic mass is 32.1. The highest BCUT2D eigenvalue weighted by molar-refractivity contribution is 7.12. The molecule has 0 unspecified atom stereocenters. The van der Waals surface area contributed by atoms with E-state index in [0.717, 1.165) is 42.1 Å².